The maximum Gasteiger partial charge on any atom is 0.255 e. The Hall–Kier alpha value is -2.18. The standard InChI is InChI=1S/C17H14BrN3OS/c1-11-9-13(18)5-6-15(11)21-16(22)12-3-2-4-14(10-12)20-17-19-7-8-23-17/h2-10H,1H3,(H,19,20)(H,21,22). The van der Waals surface area contributed by atoms with Gasteiger partial charge < -0.3 is 10.6 Å². The van der Waals surface area contributed by atoms with E-state index in [0.717, 1.165) is 26.5 Å². The number of nitrogens with zero attached hydrogens (tertiary/aromatic N) is 1. The molecule has 0 atom stereocenters. The van der Waals surface area contributed by atoms with Gasteiger partial charge in [-0.1, -0.05) is 22.0 Å². The van der Waals surface area contributed by atoms with Crippen LogP contribution in [-0.2, 0) is 0 Å². The number of halogens is 1. The number of aryl methyl sites for hydroxylation is 1. The summed E-state index contributed by atoms with van der Waals surface area (Å²) in [5.41, 5.74) is 3.23. The molecule has 1 amide bonds. The molecule has 2 N–H and O–H groups in total. The Bertz CT molecular complexity index is 834. The molecule has 0 bridgehead atoms. The molecule has 0 unspecified atom stereocenters. The van der Waals surface area contributed by atoms with Crippen LogP contribution in [0, 0.1) is 6.92 Å². The number of rotatable bonds is 4. The lowest BCUT2D eigenvalue weighted by Gasteiger charge is -2.10. The minimum Gasteiger partial charge on any atom is -0.332 e. The highest BCUT2D eigenvalue weighted by Gasteiger charge is 2.09. The Labute approximate surface area is 146 Å². The predicted molar refractivity (Wildman–Crippen MR) is 98.7 cm³/mol. The Morgan fingerprint density at radius 3 is 2.83 bits per heavy atom. The van der Waals surface area contributed by atoms with Crippen molar-refractivity contribution in [2.24, 2.45) is 0 Å². The number of carbonyl (C=O) groups excluding carboxylic acids is 1. The summed E-state index contributed by atoms with van der Waals surface area (Å²) in [6.07, 6.45) is 1.74. The van der Waals surface area contributed by atoms with Crippen molar-refractivity contribution >= 4 is 49.7 Å². The molecule has 4 nitrogen and oxygen atoms in total. The molecular weight excluding hydrogens is 374 g/mol. The molecule has 0 fully saturated rings. The van der Waals surface area contributed by atoms with Crippen molar-refractivity contribution in [2.75, 3.05) is 10.6 Å². The normalized spacial score (nSPS) is 10.3. The highest BCUT2D eigenvalue weighted by atomic mass is 79.9. The molecule has 0 aliphatic heterocycles. The summed E-state index contributed by atoms with van der Waals surface area (Å²) in [7, 11) is 0. The van der Waals surface area contributed by atoms with Crippen LogP contribution in [0.5, 0.6) is 0 Å². The number of anilines is 3. The van der Waals surface area contributed by atoms with Crippen LogP contribution in [0.2, 0.25) is 0 Å². The van der Waals surface area contributed by atoms with Gasteiger partial charge in [0.15, 0.2) is 5.13 Å². The van der Waals surface area contributed by atoms with Crippen molar-refractivity contribution in [1.82, 2.24) is 4.98 Å². The zero-order valence-corrected chi connectivity index (χ0v) is 14.7. The molecule has 0 aliphatic carbocycles. The first-order chi connectivity index (χ1) is 11.1. The predicted octanol–water partition coefficient (Wildman–Crippen LogP) is 5.21. The fraction of sp³-hybridized carbons (Fsp3) is 0.0588. The summed E-state index contributed by atoms with van der Waals surface area (Å²) >= 11 is 4.93. The Kier molecular flexibility index (Phi) is 4.73. The largest absolute Gasteiger partial charge is 0.332 e. The second kappa shape index (κ2) is 6.93. The number of benzene rings is 2. The molecule has 1 aromatic heterocycles. The summed E-state index contributed by atoms with van der Waals surface area (Å²) in [4.78, 5) is 16.6. The van der Waals surface area contributed by atoms with Crippen LogP contribution in [0.15, 0.2) is 58.5 Å². The number of thiazole rings is 1. The lowest BCUT2D eigenvalue weighted by molar-refractivity contribution is 0.102. The lowest BCUT2D eigenvalue weighted by Crippen LogP contribution is -2.12. The fourth-order valence-corrected chi connectivity index (χ4v) is 3.13. The summed E-state index contributed by atoms with van der Waals surface area (Å²) in [6, 6.07) is 13.1. The fourth-order valence-electron chi connectivity index (χ4n) is 2.11. The van der Waals surface area contributed by atoms with Crippen LogP contribution < -0.4 is 10.6 Å². The molecule has 0 spiro atoms. The van der Waals surface area contributed by atoms with E-state index >= 15 is 0 Å². The lowest BCUT2D eigenvalue weighted by atomic mass is 10.1. The van der Waals surface area contributed by atoms with E-state index in [-0.39, 0.29) is 5.91 Å². The summed E-state index contributed by atoms with van der Waals surface area (Å²) in [6.45, 7) is 1.96. The summed E-state index contributed by atoms with van der Waals surface area (Å²) < 4.78 is 0.989. The summed E-state index contributed by atoms with van der Waals surface area (Å²) in [5.74, 6) is -0.141. The van der Waals surface area contributed by atoms with Crippen molar-refractivity contribution in [3.05, 3.63) is 69.6 Å². The molecule has 1 heterocycles. The van der Waals surface area contributed by atoms with Crippen molar-refractivity contribution < 1.29 is 4.79 Å². The van der Waals surface area contributed by atoms with Gasteiger partial charge in [0.2, 0.25) is 0 Å². The van der Waals surface area contributed by atoms with E-state index in [2.05, 4.69) is 31.5 Å². The number of hydrogen-bond acceptors (Lipinski definition) is 4. The number of hydrogen-bond donors (Lipinski definition) is 2. The van der Waals surface area contributed by atoms with E-state index in [0.29, 0.717) is 5.56 Å². The molecule has 3 aromatic rings. The van der Waals surface area contributed by atoms with Crippen molar-refractivity contribution in [3.8, 4) is 0 Å². The first kappa shape index (κ1) is 15.7. The Morgan fingerprint density at radius 1 is 1.22 bits per heavy atom. The van der Waals surface area contributed by atoms with Crippen molar-refractivity contribution in [1.29, 1.82) is 0 Å². The molecule has 0 aliphatic rings. The molecular formula is C17H14BrN3OS. The average Bonchev–Trinajstić information content (AvgIpc) is 3.03. The van der Waals surface area contributed by atoms with E-state index < -0.39 is 0 Å². The number of aromatic nitrogens is 1. The smallest absolute Gasteiger partial charge is 0.255 e. The minimum absolute atomic E-state index is 0.141. The summed E-state index contributed by atoms with van der Waals surface area (Å²) in [5, 5.41) is 8.82. The topological polar surface area (TPSA) is 54.0 Å². The quantitative estimate of drug-likeness (QED) is 0.645. The van der Waals surface area contributed by atoms with Crippen LogP contribution in [0.3, 0.4) is 0 Å². The van der Waals surface area contributed by atoms with Gasteiger partial charge in [-0.2, -0.15) is 0 Å². The highest BCUT2D eigenvalue weighted by Crippen LogP contribution is 2.22. The van der Waals surface area contributed by atoms with Gasteiger partial charge in [-0.05, 0) is 48.9 Å². The van der Waals surface area contributed by atoms with Crippen LogP contribution in [0.25, 0.3) is 0 Å². The van der Waals surface area contributed by atoms with E-state index in [9.17, 15) is 4.79 Å². The molecule has 0 saturated carbocycles. The number of nitrogens with one attached hydrogen (secondary N) is 2. The van der Waals surface area contributed by atoms with Gasteiger partial charge in [0.25, 0.3) is 5.91 Å². The second-order valence-electron chi connectivity index (χ2n) is 4.96. The van der Waals surface area contributed by atoms with Crippen LogP contribution in [0.4, 0.5) is 16.5 Å². The zero-order valence-electron chi connectivity index (χ0n) is 12.3. The van der Waals surface area contributed by atoms with E-state index in [4.69, 9.17) is 0 Å². The van der Waals surface area contributed by atoms with E-state index in [1.54, 1.807) is 12.3 Å². The van der Waals surface area contributed by atoms with E-state index in [1.807, 2.05) is 48.7 Å². The van der Waals surface area contributed by atoms with Gasteiger partial charge in [-0.25, -0.2) is 4.98 Å². The van der Waals surface area contributed by atoms with Crippen molar-refractivity contribution in [2.45, 2.75) is 6.92 Å². The van der Waals surface area contributed by atoms with Crippen LogP contribution >= 0.6 is 27.3 Å². The highest BCUT2D eigenvalue weighted by molar-refractivity contribution is 9.10. The first-order valence-electron chi connectivity index (χ1n) is 6.96. The molecule has 3 rings (SSSR count). The van der Waals surface area contributed by atoms with Crippen LogP contribution in [0.1, 0.15) is 15.9 Å². The monoisotopic (exact) mass is 387 g/mol. The number of carbonyl (C=O) groups is 1. The molecule has 0 radical (unpaired) electrons. The third-order valence-electron chi connectivity index (χ3n) is 3.25. The molecule has 0 saturated heterocycles. The van der Waals surface area contributed by atoms with Gasteiger partial charge >= 0.3 is 0 Å². The molecule has 23 heavy (non-hydrogen) atoms. The molecule has 2 aromatic carbocycles. The number of amides is 1. The minimum atomic E-state index is -0.141. The van der Waals surface area contributed by atoms with Gasteiger partial charge in [0, 0.05) is 33.0 Å². The molecule has 6 heteroatoms. The third-order valence-corrected chi connectivity index (χ3v) is 4.43. The SMILES string of the molecule is Cc1cc(Br)ccc1NC(=O)c1cccc(Nc2nccs2)c1. The maximum absolute atomic E-state index is 12.4. The van der Waals surface area contributed by atoms with Gasteiger partial charge in [0.1, 0.15) is 0 Å². The first-order valence-corrected chi connectivity index (χ1v) is 8.63. The van der Waals surface area contributed by atoms with Crippen molar-refractivity contribution in [3.63, 3.8) is 0 Å². The third kappa shape index (κ3) is 3.97. The average molecular weight is 388 g/mol. The Balaban J connectivity index is 1.77. The van der Waals surface area contributed by atoms with E-state index in [1.165, 1.54) is 11.3 Å². The van der Waals surface area contributed by atoms with Crippen LogP contribution in [-0.4, -0.2) is 10.9 Å². The Morgan fingerprint density at radius 2 is 2.09 bits per heavy atom. The maximum atomic E-state index is 12.4. The van der Waals surface area contributed by atoms with Gasteiger partial charge in [0.05, 0.1) is 0 Å². The zero-order chi connectivity index (χ0) is 16.2. The van der Waals surface area contributed by atoms with Gasteiger partial charge in [-0.15, -0.1) is 11.3 Å². The second-order valence-corrected chi connectivity index (χ2v) is 6.77. The molecule has 116 valence electrons. The van der Waals surface area contributed by atoms with Gasteiger partial charge in [-0.3, -0.25) is 4.79 Å².